The summed E-state index contributed by atoms with van der Waals surface area (Å²) in [7, 11) is 0. The summed E-state index contributed by atoms with van der Waals surface area (Å²) in [5.41, 5.74) is 2.97. The first-order chi connectivity index (χ1) is 16.2. The molecule has 0 saturated carbocycles. The molecule has 0 aliphatic carbocycles. The van der Waals surface area contributed by atoms with Crippen LogP contribution in [0.25, 0.3) is 6.08 Å². The summed E-state index contributed by atoms with van der Waals surface area (Å²) in [6.07, 6.45) is 3.32. The van der Waals surface area contributed by atoms with E-state index in [0.29, 0.717) is 16.5 Å². The SMILES string of the molecule is CC(C)(C)c1ccc2c(c1)N(CC(=O)NCc1ccccn1)C(=O)C(=Cc1ccc(Cl)cc1)O2. The van der Waals surface area contributed by atoms with E-state index in [0.717, 1.165) is 16.8 Å². The zero-order chi connectivity index (χ0) is 24.3. The minimum Gasteiger partial charge on any atom is -0.449 e. The summed E-state index contributed by atoms with van der Waals surface area (Å²) in [6, 6.07) is 18.3. The van der Waals surface area contributed by atoms with E-state index in [9.17, 15) is 9.59 Å². The lowest BCUT2D eigenvalue weighted by atomic mass is 9.86. The number of pyridine rings is 1. The van der Waals surface area contributed by atoms with E-state index in [1.54, 1.807) is 36.5 Å². The van der Waals surface area contributed by atoms with Gasteiger partial charge in [0.1, 0.15) is 6.54 Å². The fraction of sp³-hybridized carbons (Fsp3) is 0.222. The van der Waals surface area contributed by atoms with Gasteiger partial charge >= 0.3 is 0 Å². The van der Waals surface area contributed by atoms with Crippen molar-refractivity contribution in [2.75, 3.05) is 11.4 Å². The topological polar surface area (TPSA) is 71.5 Å². The average molecular weight is 476 g/mol. The fourth-order valence-electron chi connectivity index (χ4n) is 3.54. The van der Waals surface area contributed by atoms with E-state index in [4.69, 9.17) is 16.3 Å². The molecule has 1 aliphatic rings. The molecule has 6 nitrogen and oxygen atoms in total. The highest BCUT2D eigenvalue weighted by Crippen LogP contribution is 2.39. The Bertz CT molecular complexity index is 1230. The smallest absolute Gasteiger partial charge is 0.294 e. The highest BCUT2D eigenvalue weighted by atomic mass is 35.5. The number of hydrogen-bond acceptors (Lipinski definition) is 4. The van der Waals surface area contributed by atoms with Crippen LogP contribution >= 0.6 is 11.6 Å². The van der Waals surface area contributed by atoms with Crippen LogP contribution < -0.4 is 15.0 Å². The third-order valence-electron chi connectivity index (χ3n) is 5.45. The molecule has 0 radical (unpaired) electrons. The largest absolute Gasteiger partial charge is 0.449 e. The average Bonchev–Trinajstić information content (AvgIpc) is 2.81. The van der Waals surface area contributed by atoms with Gasteiger partial charge in [-0.2, -0.15) is 0 Å². The van der Waals surface area contributed by atoms with Crippen molar-refractivity contribution in [2.45, 2.75) is 32.7 Å². The number of amides is 2. The van der Waals surface area contributed by atoms with Gasteiger partial charge in [0, 0.05) is 11.2 Å². The Labute approximate surface area is 204 Å². The number of nitrogens with zero attached hydrogens (tertiary/aromatic N) is 2. The first kappa shape index (κ1) is 23.5. The van der Waals surface area contributed by atoms with Crippen LogP contribution in [0.15, 0.2) is 72.6 Å². The lowest BCUT2D eigenvalue weighted by molar-refractivity contribution is -0.123. The maximum Gasteiger partial charge on any atom is 0.294 e. The molecule has 3 aromatic rings. The number of halogens is 1. The summed E-state index contributed by atoms with van der Waals surface area (Å²) in [5.74, 6) is -0.0263. The monoisotopic (exact) mass is 475 g/mol. The van der Waals surface area contributed by atoms with E-state index < -0.39 is 0 Å². The molecule has 34 heavy (non-hydrogen) atoms. The predicted octanol–water partition coefficient (Wildman–Crippen LogP) is 5.12. The zero-order valence-electron chi connectivity index (χ0n) is 19.3. The first-order valence-corrected chi connectivity index (χ1v) is 11.4. The Morgan fingerprint density at radius 2 is 1.88 bits per heavy atom. The van der Waals surface area contributed by atoms with Gasteiger partial charge in [0.05, 0.1) is 17.9 Å². The van der Waals surface area contributed by atoms with Crippen LogP contribution in [-0.2, 0) is 21.5 Å². The van der Waals surface area contributed by atoms with Crippen molar-refractivity contribution in [2.24, 2.45) is 0 Å². The van der Waals surface area contributed by atoms with Crippen molar-refractivity contribution in [1.29, 1.82) is 0 Å². The summed E-state index contributed by atoms with van der Waals surface area (Å²) in [5, 5.41) is 3.44. The molecule has 1 aromatic heterocycles. The molecule has 0 fully saturated rings. The van der Waals surface area contributed by atoms with Crippen molar-refractivity contribution < 1.29 is 14.3 Å². The molecule has 0 unspecified atom stereocenters. The molecule has 0 spiro atoms. The van der Waals surface area contributed by atoms with Crippen molar-refractivity contribution in [3.8, 4) is 5.75 Å². The Kier molecular flexibility index (Phi) is 6.70. The second-order valence-corrected chi connectivity index (χ2v) is 9.52. The van der Waals surface area contributed by atoms with Gasteiger partial charge in [0.2, 0.25) is 5.91 Å². The maximum atomic E-state index is 13.4. The quantitative estimate of drug-likeness (QED) is 0.520. The third kappa shape index (κ3) is 5.46. The zero-order valence-corrected chi connectivity index (χ0v) is 20.1. The number of fused-ring (bicyclic) bond motifs is 1. The first-order valence-electron chi connectivity index (χ1n) is 11.0. The molecule has 1 N–H and O–H groups in total. The molecule has 0 bridgehead atoms. The molecular formula is C27H26ClN3O3. The second kappa shape index (κ2) is 9.69. The highest BCUT2D eigenvalue weighted by molar-refractivity contribution is 6.30. The molecule has 4 rings (SSSR count). The molecule has 2 amide bonds. The lowest BCUT2D eigenvalue weighted by Crippen LogP contribution is -2.44. The standard InChI is InChI=1S/C27H26ClN3O3/c1-27(2,3)19-9-12-23-22(15-19)31(17-25(32)30-16-21-6-4-5-13-29-21)26(33)24(34-23)14-18-7-10-20(28)11-8-18/h4-15H,16-17H2,1-3H3,(H,30,32). The molecule has 7 heteroatoms. The number of aromatic nitrogens is 1. The van der Waals surface area contributed by atoms with E-state index >= 15 is 0 Å². The van der Waals surface area contributed by atoms with Crippen LogP contribution in [0, 0.1) is 0 Å². The Morgan fingerprint density at radius 3 is 2.56 bits per heavy atom. The summed E-state index contributed by atoms with van der Waals surface area (Å²) >= 11 is 5.98. The van der Waals surface area contributed by atoms with E-state index in [1.807, 2.05) is 36.4 Å². The van der Waals surface area contributed by atoms with Crippen molar-refractivity contribution in [3.05, 3.63) is 94.5 Å². The molecular weight excluding hydrogens is 450 g/mol. The predicted molar refractivity (Wildman–Crippen MR) is 134 cm³/mol. The van der Waals surface area contributed by atoms with Gasteiger partial charge in [0.25, 0.3) is 5.91 Å². The molecule has 0 atom stereocenters. The van der Waals surface area contributed by atoms with E-state index in [2.05, 4.69) is 31.1 Å². The van der Waals surface area contributed by atoms with E-state index in [-0.39, 0.29) is 36.1 Å². The lowest BCUT2D eigenvalue weighted by Gasteiger charge is -2.32. The number of hydrogen-bond donors (Lipinski definition) is 1. The minimum absolute atomic E-state index is 0.135. The summed E-state index contributed by atoms with van der Waals surface area (Å²) in [6.45, 7) is 6.41. The molecule has 174 valence electrons. The van der Waals surface area contributed by atoms with Gasteiger partial charge in [0.15, 0.2) is 11.5 Å². The van der Waals surface area contributed by atoms with Crippen LogP contribution in [-0.4, -0.2) is 23.3 Å². The van der Waals surface area contributed by atoms with E-state index in [1.165, 1.54) is 4.90 Å². The van der Waals surface area contributed by atoms with Crippen molar-refractivity contribution >= 4 is 35.2 Å². The van der Waals surface area contributed by atoms with Crippen LogP contribution in [0.5, 0.6) is 5.75 Å². The van der Waals surface area contributed by atoms with Gasteiger partial charge in [-0.05, 0) is 59.0 Å². The number of rotatable bonds is 5. The van der Waals surface area contributed by atoms with Gasteiger partial charge in [-0.3, -0.25) is 19.5 Å². The van der Waals surface area contributed by atoms with Crippen LogP contribution in [0.3, 0.4) is 0 Å². The maximum absolute atomic E-state index is 13.4. The summed E-state index contributed by atoms with van der Waals surface area (Å²) < 4.78 is 5.98. The Hall–Kier alpha value is -3.64. The van der Waals surface area contributed by atoms with Crippen molar-refractivity contribution in [3.63, 3.8) is 0 Å². The molecule has 2 aromatic carbocycles. The number of ether oxygens (including phenoxy) is 1. The third-order valence-corrected chi connectivity index (χ3v) is 5.71. The Morgan fingerprint density at radius 1 is 1.12 bits per heavy atom. The van der Waals surface area contributed by atoms with Crippen LogP contribution in [0.1, 0.15) is 37.6 Å². The summed E-state index contributed by atoms with van der Waals surface area (Å²) in [4.78, 5) is 31.9. The van der Waals surface area contributed by atoms with Gasteiger partial charge < -0.3 is 10.1 Å². The fourth-order valence-corrected chi connectivity index (χ4v) is 3.66. The van der Waals surface area contributed by atoms with Crippen LogP contribution in [0.4, 0.5) is 5.69 Å². The number of carbonyl (C=O) groups excluding carboxylic acids is 2. The molecule has 0 saturated heterocycles. The molecule has 2 heterocycles. The Balaban J connectivity index is 1.64. The molecule has 1 aliphatic heterocycles. The highest BCUT2D eigenvalue weighted by Gasteiger charge is 2.33. The van der Waals surface area contributed by atoms with Crippen LogP contribution in [0.2, 0.25) is 5.02 Å². The number of carbonyl (C=O) groups is 2. The number of nitrogens with one attached hydrogen (secondary N) is 1. The van der Waals surface area contributed by atoms with Gasteiger partial charge in [-0.1, -0.05) is 56.6 Å². The normalized spacial score (nSPS) is 14.5. The van der Waals surface area contributed by atoms with Crippen molar-refractivity contribution in [1.82, 2.24) is 10.3 Å². The minimum atomic E-state index is -0.388. The number of anilines is 1. The van der Waals surface area contributed by atoms with Gasteiger partial charge in [-0.15, -0.1) is 0 Å². The second-order valence-electron chi connectivity index (χ2n) is 9.08. The number of benzene rings is 2. The van der Waals surface area contributed by atoms with Gasteiger partial charge in [-0.25, -0.2) is 0 Å².